The van der Waals surface area contributed by atoms with Crippen LogP contribution in [0, 0.1) is 11.7 Å². The van der Waals surface area contributed by atoms with Gasteiger partial charge >= 0.3 is 0 Å². The van der Waals surface area contributed by atoms with Gasteiger partial charge in [0.25, 0.3) is 0 Å². The van der Waals surface area contributed by atoms with Crippen LogP contribution in [-0.2, 0) is 11.2 Å². The van der Waals surface area contributed by atoms with Crippen molar-refractivity contribution < 1.29 is 9.18 Å². The van der Waals surface area contributed by atoms with E-state index in [1.165, 1.54) is 6.07 Å². The molecule has 1 aromatic carbocycles. The zero-order chi connectivity index (χ0) is 13.7. The van der Waals surface area contributed by atoms with Gasteiger partial charge in [0.2, 0.25) is 5.91 Å². The fourth-order valence-corrected chi connectivity index (χ4v) is 2.55. The quantitative estimate of drug-likeness (QED) is 0.871. The molecule has 0 aliphatic carbocycles. The van der Waals surface area contributed by atoms with Crippen molar-refractivity contribution in [3.8, 4) is 0 Å². The van der Waals surface area contributed by atoms with Crippen LogP contribution in [0.15, 0.2) is 24.3 Å². The van der Waals surface area contributed by atoms with Crippen LogP contribution in [0.4, 0.5) is 4.39 Å². The topological polar surface area (TPSA) is 41.1 Å². The fourth-order valence-electron chi connectivity index (χ4n) is 2.55. The molecule has 0 aromatic heterocycles. The van der Waals surface area contributed by atoms with Crippen molar-refractivity contribution in [2.75, 3.05) is 13.1 Å². The number of amides is 1. The predicted molar refractivity (Wildman–Crippen MR) is 73.3 cm³/mol. The lowest BCUT2D eigenvalue weighted by Gasteiger charge is -2.28. The minimum absolute atomic E-state index is 0.0365. The van der Waals surface area contributed by atoms with Crippen molar-refractivity contribution in [1.82, 2.24) is 10.6 Å². The third-order valence-electron chi connectivity index (χ3n) is 3.75. The smallest absolute Gasteiger partial charge is 0.224 e. The molecule has 3 nitrogen and oxygen atoms in total. The average Bonchev–Trinajstić information content (AvgIpc) is 2.41. The molecule has 1 fully saturated rings. The highest BCUT2D eigenvalue weighted by Gasteiger charge is 2.26. The molecule has 0 saturated carbocycles. The highest BCUT2D eigenvalue weighted by Crippen LogP contribution is 2.16. The lowest BCUT2D eigenvalue weighted by Crippen LogP contribution is -2.47. The number of carbonyl (C=O) groups excluding carboxylic acids is 1. The summed E-state index contributed by atoms with van der Waals surface area (Å²) in [6, 6.07) is 6.92. The Kier molecular flexibility index (Phi) is 4.91. The number of benzene rings is 1. The van der Waals surface area contributed by atoms with Crippen LogP contribution in [-0.4, -0.2) is 25.0 Å². The normalized spacial score (nSPS) is 23.1. The number of hydrogen-bond acceptors (Lipinski definition) is 2. The summed E-state index contributed by atoms with van der Waals surface area (Å²) in [4.78, 5) is 12.0. The summed E-state index contributed by atoms with van der Waals surface area (Å²) in [7, 11) is 0. The van der Waals surface area contributed by atoms with Crippen molar-refractivity contribution in [2.24, 2.45) is 5.92 Å². The largest absolute Gasteiger partial charge is 0.355 e. The Hall–Kier alpha value is -1.42. The number of rotatable bonds is 4. The van der Waals surface area contributed by atoms with Crippen molar-refractivity contribution in [1.29, 1.82) is 0 Å². The Morgan fingerprint density at radius 1 is 1.47 bits per heavy atom. The monoisotopic (exact) mass is 264 g/mol. The molecule has 104 valence electrons. The third kappa shape index (κ3) is 3.77. The minimum Gasteiger partial charge on any atom is -0.355 e. The maximum Gasteiger partial charge on any atom is 0.224 e. The van der Waals surface area contributed by atoms with E-state index in [2.05, 4.69) is 10.6 Å². The number of halogens is 1. The van der Waals surface area contributed by atoms with E-state index in [-0.39, 0.29) is 23.7 Å². The standard InChI is InChI=1S/C15H21FN2O/c1-11-13(6-4-9-17-11)15(19)18-10-8-12-5-2-3-7-14(12)16/h2-3,5,7,11,13,17H,4,6,8-10H2,1H3,(H,18,19). The van der Waals surface area contributed by atoms with E-state index in [1.807, 2.05) is 13.0 Å². The summed E-state index contributed by atoms with van der Waals surface area (Å²) in [6.45, 7) is 3.52. The number of carbonyl (C=O) groups is 1. The summed E-state index contributed by atoms with van der Waals surface area (Å²) in [5.41, 5.74) is 0.651. The van der Waals surface area contributed by atoms with Gasteiger partial charge in [0, 0.05) is 12.6 Å². The first-order valence-electron chi connectivity index (χ1n) is 6.93. The molecule has 2 unspecified atom stereocenters. The maximum atomic E-state index is 13.4. The first kappa shape index (κ1) is 14.0. The van der Waals surface area contributed by atoms with Gasteiger partial charge in [-0.3, -0.25) is 4.79 Å². The molecule has 2 rings (SSSR count). The Morgan fingerprint density at radius 3 is 3.00 bits per heavy atom. The fraction of sp³-hybridized carbons (Fsp3) is 0.533. The van der Waals surface area contributed by atoms with Crippen LogP contribution in [0.1, 0.15) is 25.3 Å². The van der Waals surface area contributed by atoms with Gasteiger partial charge in [0.05, 0.1) is 5.92 Å². The van der Waals surface area contributed by atoms with Crippen molar-refractivity contribution in [2.45, 2.75) is 32.2 Å². The van der Waals surface area contributed by atoms with Gasteiger partial charge in [-0.25, -0.2) is 4.39 Å². The Balaban J connectivity index is 1.79. The predicted octanol–water partition coefficient (Wildman–Crippen LogP) is 1.87. The van der Waals surface area contributed by atoms with Crippen LogP contribution < -0.4 is 10.6 Å². The lowest BCUT2D eigenvalue weighted by molar-refractivity contribution is -0.126. The summed E-state index contributed by atoms with van der Waals surface area (Å²) < 4.78 is 13.4. The maximum absolute atomic E-state index is 13.4. The van der Waals surface area contributed by atoms with Gasteiger partial charge in [0.15, 0.2) is 0 Å². The zero-order valence-corrected chi connectivity index (χ0v) is 11.3. The first-order valence-corrected chi connectivity index (χ1v) is 6.93. The zero-order valence-electron chi connectivity index (χ0n) is 11.3. The van der Waals surface area contributed by atoms with E-state index in [0.717, 1.165) is 19.4 Å². The van der Waals surface area contributed by atoms with Crippen LogP contribution in [0.3, 0.4) is 0 Å². The van der Waals surface area contributed by atoms with Crippen LogP contribution >= 0.6 is 0 Å². The van der Waals surface area contributed by atoms with E-state index < -0.39 is 0 Å². The second-order valence-electron chi connectivity index (χ2n) is 5.12. The summed E-state index contributed by atoms with van der Waals surface area (Å²) in [5.74, 6) is -0.0881. The molecular formula is C15H21FN2O. The molecule has 1 aliphatic rings. The van der Waals surface area contributed by atoms with Crippen LogP contribution in [0.2, 0.25) is 0 Å². The first-order chi connectivity index (χ1) is 9.18. The van der Waals surface area contributed by atoms with Gasteiger partial charge in [0.1, 0.15) is 5.82 Å². The lowest BCUT2D eigenvalue weighted by atomic mass is 9.91. The third-order valence-corrected chi connectivity index (χ3v) is 3.75. The van der Waals surface area contributed by atoms with Gasteiger partial charge < -0.3 is 10.6 Å². The van der Waals surface area contributed by atoms with Gasteiger partial charge in [-0.2, -0.15) is 0 Å². The number of hydrogen-bond donors (Lipinski definition) is 2. The Morgan fingerprint density at radius 2 is 2.26 bits per heavy atom. The van der Waals surface area contributed by atoms with Crippen LogP contribution in [0.25, 0.3) is 0 Å². The van der Waals surface area contributed by atoms with Gasteiger partial charge in [-0.1, -0.05) is 18.2 Å². The van der Waals surface area contributed by atoms with Crippen molar-refractivity contribution in [3.63, 3.8) is 0 Å². The minimum atomic E-state index is -0.204. The number of piperidine rings is 1. The molecule has 2 N–H and O–H groups in total. The molecule has 0 bridgehead atoms. The molecule has 1 amide bonds. The molecule has 0 spiro atoms. The average molecular weight is 264 g/mol. The highest BCUT2D eigenvalue weighted by molar-refractivity contribution is 5.79. The molecule has 1 aromatic rings. The molecule has 1 saturated heterocycles. The van der Waals surface area contributed by atoms with Gasteiger partial charge in [-0.15, -0.1) is 0 Å². The Labute approximate surface area is 113 Å². The number of nitrogens with one attached hydrogen (secondary N) is 2. The second-order valence-corrected chi connectivity index (χ2v) is 5.12. The molecular weight excluding hydrogens is 243 g/mol. The molecule has 4 heteroatoms. The van der Waals surface area contributed by atoms with E-state index >= 15 is 0 Å². The SMILES string of the molecule is CC1NCCCC1C(=O)NCCc1ccccc1F. The molecule has 0 radical (unpaired) electrons. The summed E-state index contributed by atoms with van der Waals surface area (Å²) in [6.07, 6.45) is 2.50. The molecule has 1 aliphatic heterocycles. The molecule has 19 heavy (non-hydrogen) atoms. The van der Waals surface area contributed by atoms with E-state index in [4.69, 9.17) is 0 Å². The van der Waals surface area contributed by atoms with Crippen molar-refractivity contribution >= 4 is 5.91 Å². The summed E-state index contributed by atoms with van der Waals surface area (Å²) >= 11 is 0. The van der Waals surface area contributed by atoms with Crippen molar-refractivity contribution in [3.05, 3.63) is 35.6 Å². The summed E-state index contributed by atoms with van der Waals surface area (Å²) in [5, 5.41) is 6.22. The Bertz CT molecular complexity index is 436. The van der Waals surface area contributed by atoms with Crippen LogP contribution in [0.5, 0.6) is 0 Å². The highest BCUT2D eigenvalue weighted by atomic mass is 19.1. The second kappa shape index (κ2) is 6.66. The van der Waals surface area contributed by atoms with E-state index in [9.17, 15) is 9.18 Å². The van der Waals surface area contributed by atoms with Gasteiger partial charge in [-0.05, 0) is 44.4 Å². The van der Waals surface area contributed by atoms with E-state index in [0.29, 0.717) is 18.5 Å². The van der Waals surface area contributed by atoms with E-state index in [1.54, 1.807) is 12.1 Å². The molecule has 1 heterocycles. The molecule has 2 atom stereocenters.